The maximum absolute atomic E-state index is 13.6. The van der Waals surface area contributed by atoms with Gasteiger partial charge in [-0.1, -0.05) is 0 Å². The van der Waals surface area contributed by atoms with Crippen molar-refractivity contribution in [3.05, 3.63) is 29.6 Å². The summed E-state index contributed by atoms with van der Waals surface area (Å²) in [6.07, 6.45) is 1.44. The lowest BCUT2D eigenvalue weighted by Crippen LogP contribution is -2.47. The standard InChI is InChI=1S/C12H14F2N4/c13-7-1-2-8-10(9(7)14)18-11(17-8)12(15)3-5-16-6-4-12/h1-2,16H,3-6,15H2,(H,17,18). The highest BCUT2D eigenvalue weighted by atomic mass is 19.2. The average Bonchev–Trinajstić information content (AvgIpc) is 2.80. The van der Waals surface area contributed by atoms with Gasteiger partial charge < -0.3 is 16.0 Å². The molecule has 2 aromatic rings. The van der Waals surface area contributed by atoms with Crippen LogP contribution in [0.15, 0.2) is 12.1 Å². The lowest BCUT2D eigenvalue weighted by atomic mass is 9.89. The van der Waals surface area contributed by atoms with Crippen LogP contribution in [0, 0.1) is 11.6 Å². The van der Waals surface area contributed by atoms with Crippen molar-refractivity contribution in [1.82, 2.24) is 15.3 Å². The number of nitrogens with two attached hydrogens (primary N) is 1. The Bertz CT molecular complexity index is 587. The third kappa shape index (κ3) is 1.69. The summed E-state index contributed by atoms with van der Waals surface area (Å²) in [6.45, 7) is 1.59. The fourth-order valence-corrected chi connectivity index (χ4v) is 2.36. The van der Waals surface area contributed by atoms with Crippen molar-refractivity contribution in [2.75, 3.05) is 13.1 Å². The van der Waals surface area contributed by atoms with E-state index in [1.807, 2.05) is 0 Å². The molecule has 0 unspecified atom stereocenters. The van der Waals surface area contributed by atoms with E-state index in [1.165, 1.54) is 6.07 Å². The second-order valence-electron chi connectivity index (χ2n) is 4.75. The van der Waals surface area contributed by atoms with Crippen molar-refractivity contribution in [3.63, 3.8) is 0 Å². The van der Waals surface area contributed by atoms with Crippen molar-refractivity contribution in [2.24, 2.45) is 5.73 Å². The first kappa shape index (κ1) is 11.6. The minimum absolute atomic E-state index is 0.0216. The number of nitrogens with one attached hydrogen (secondary N) is 2. The van der Waals surface area contributed by atoms with E-state index in [-0.39, 0.29) is 5.52 Å². The highest BCUT2D eigenvalue weighted by molar-refractivity contribution is 5.76. The van der Waals surface area contributed by atoms with Crippen LogP contribution in [0.1, 0.15) is 18.7 Å². The maximum atomic E-state index is 13.6. The van der Waals surface area contributed by atoms with Gasteiger partial charge in [0.15, 0.2) is 11.6 Å². The molecule has 1 aromatic carbocycles. The van der Waals surface area contributed by atoms with Crippen molar-refractivity contribution in [3.8, 4) is 0 Å². The normalized spacial score (nSPS) is 19.3. The first-order chi connectivity index (χ1) is 8.60. The molecule has 0 atom stereocenters. The predicted octanol–water partition coefficient (Wildman–Crippen LogP) is 1.38. The number of benzene rings is 1. The fourth-order valence-electron chi connectivity index (χ4n) is 2.36. The fraction of sp³-hybridized carbons (Fsp3) is 0.417. The summed E-state index contributed by atoms with van der Waals surface area (Å²) in [5.41, 5.74) is 6.19. The number of hydrogen-bond donors (Lipinski definition) is 3. The molecule has 1 aliphatic rings. The van der Waals surface area contributed by atoms with Gasteiger partial charge in [-0.3, -0.25) is 0 Å². The lowest BCUT2D eigenvalue weighted by Gasteiger charge is -2.31. The SMILES string of the molecule is NC1(c2nc3c(F)c(F)ccc3[nH]2)CCNCC1. The topological polar surface area (TPSA) is 66.7 Å². The van der Waals surface area contributed by atoms with E-state index in [2.05, 4.69) is 15.3 Å². The van der Waals surface area contributed by atoms with Gasteiger partial charge in [0.05, 0.1) is 11.1 Å². The first-order valence-corrected chi connectivity index (χ1v) is 5.94. The molecule has 1 aliphatic heterocycles. The Hall–Kier alpha value is -1.53. The van der Waals surface area contributed by atoms with E-state index in [9.17, 15) is 8.78 Å². The van der Waals surface area contributed by atoms with E-state index < -0.39 is 17.2 Å². The minimum atomic E-state index is -0.924. The van der Waals surface area contributed by atoms with Crippen LogP contribution in [-0.4, -0.2) is 23.1 Å². The number of fused-ring (bicyclic) bond motifs is 1. The van der Waals surface area contributed by atoms with Gasteiger partial charge in [-0.25, -0.2) is 13.8 Å². The number of piperidine rings is 1. The molecule has 0 spiro atoms. The molecule has 1 aromatic heterocycles. The summed E-state index contributed by atoms with van der Waals surface area (Å²) in [7, 11) is 0. The smallest absolute Gasteiger partial charge is 0.186 e. The third-order valence-electron chi connectivity index (χ3n) is 3.51. The van der Waals surface area contributed by atoms with Gasteiger partial charge >= 0.3 is 0 Å². The van der Waals surface area contributed by atoms with Gasteiger partial charge in [0, 0.05) is 0 Å². The highest BCUT2D eigenvalue weighted by Gasteiger charge is 2.32. The Labute approximate surface area is 103 Å². The van der Waals surface area contributed by atoms with Crippen LogP contribution in [-0.2, 0) is 5.54 Å². The molecule has 4 N–H and O–H groups in total. The van der Waals surface area contributed by atoms with Crippen LogP contribution >= 0.6 is 0 Å². The number of halogens is 2. The molecular formula is C12H14F2N4. The van der Waals surface area contributed by atoms with E-state index in [0.29, 0.717) is 11.3 Å². The molecule has 3 rings (SSSR count). The van der Waals surface area contributed by atoms with E-state index in [4.69, 9.17) is 5.73 Å². The predicted molar refractivity (Wildman–Crippen MR) is 64.0 cm³/mol. The van der Waals surface area contributed by atoms with Crippen LogP contribution in [0.5, 0.6) is 0 Å². The Balaban J connectivity index is 2.10. The monoisotopic (exact) mass is 252 g/mol. The molecule has 4 nitrogen and oxygen atoms in total. The van der Waals surface area contributed by atoms with Gasteiger partial charge in [-0.05, 0) is 38.1 Å². The van der Waals surface area contributed by atoms with Crippen LogP contribution in [0.2, 0.25) is 0 Å². The average molecular weight is 252 g/mol. The van der Waals surface area contributed by atoms with E-state index >= 15 is 0 Å². The number of hydrogen-bond acceptors (Lipinski definition) is 3. The summed E-state index contributed by atoms with van der Waals surface area (Å²) in [5, 5.41) is 3.21. The molecule has 0 amide bonds. The molecular weight excluding hydrogens is 238 g/mol. The second-order valence-corrected chi connectivity index (χ2v) is 4.75. The Kier molecular flexibility index (Phi) is 2.57. The van der Waals surface area contributed by atoms with E-state index in [0.717, 1.165) is 32.0 Å². The maximum Gasteiger partial charge on any atom is 0.186 e. The minimum Gasteiger partial charge on any atom is -0.340 e. The van der Waals surface area contributed by atoms with Gasteiger partial charge in [0.1, 0.15) is 11.3 Å². The highest BCUT2D eigenvalue weighted by Crippen LogP contribution is 2.28. The number of nitrogens with zero attached hydrogens (tertiary/aromatic N) is 1. The zero-order valence-electron chi connectivity index (χ0n) is 9.76. The van der Waals surface area contributed by atoms with Gasteiger partial charge in [-0.15, -0.1) is 0 Å². The Morgan fingerprint density at radius 2 is 1.94 bits per heavy atom. The summed E-state index contributed by atoms with van der Waals surface area (Å²) < 4.78 is 26.7. The summed E-state index contributed by atoms with van der Waals surface area (Å²) in [4.78, 5) is 7.15. The molecule has 0 aliphatic carbocycles. The van der Waals surface area contributed by atoms with Gasteiger partial charge in [-0.2, -0.15) is 0 Å². The summed E-state index contributed by atoms with van der Waals surface area (Å²) in [6, 6.07) is 2.57. The lowest BCUT2D eigenvalue weighted by molar-refractivity contribution is 0.304. The molecule has 1 fully saturated rings. The second kappa shape index (κ2) is 4.00. The van der Waals surface area contributed by atoms with Crippen LogP contribution in [0.3, 0.4) is 0 Å². The quantitative estimate of drug-likeness (QED) is 0.718. The number of H-pyrrole nitrogens is 1. The molecule has 6 heteroatoms. The van der Waals surface area contributed by atoms with Crippen molar-refractivity contribution in [2.45, 2.75) is 18.4 Å². The van der Waals surface area contributed by atoms with E-state index in [1.54, 1.807) is 0 Å². The molecule has 96 valence electrons. The number of imidazole rings is 1. The molecule has 0 saturated carbocycles. The molecule has 0 bridgehead atoms. The van der Waals surface area contributed by atoms with Crippen molar-refractivity contribution >= 4 is 11.0 Å². The van der Waals surface area contributed by atoms with Crippen molar-refractivity contribution < 1.29 is 8.78 Å². The molecule has 2 heterocycles. The zero-order valence-corrected chi connectivity index (χ0v) is 9.76. The Morgan fingerprint density at radius 3 is 2.67 bits per heavy atom. The molecule has 18 heavy (non-hydrogen) atoms. The number of aromatic nitrogens is 2. The summed E-state index contributed by atoms with van der Waals surface area (Å²) >= 11 is 0. The number of aromatic amines is 1. The number of rotatable bonds is 1. The summed E-state index contributed by atoms with van der Waals surface area (Å²) in [5.74, 6) is -1.28. The molecule has 1 saturated heterocycles. The van der Waals surface area contributed by atoms with Crippen LogP contribution < -0.4 is 11.1 Å². The largest absolute Gasteiger partial charge is 0.340 e. The molecule has 0 radical (unpaired) electrons. The van der Waals surface area contributed by atoms with Crippen molar-refractivity contribution in [1.29, 1.82) is 0 Å². The first-order valence-electron chi connectivity index (χ1n) is 5.94. The zero-order chi connectivity index (χ0) is 12.8. The Morgan fingerprint density at radius 1 is 1.22 bits per heavy atom. The van der Waals surface area contributed by atoms with Crippen LogP contribution in [0.25, 0.3) is 11.0 Å². The third-order valence-corrected chi connectivity index (χ3v) is 3.51. The van der Waals surface area contributed by atoms with Crippen LogP contribution in [0.4, 0.5) is 8.78 Å². The van der Waals surface area contributed by atoms with Gasteiger partial charge in [0.2, 0.25) is 0 Å². The van der Waals surface area contributed by atoms with Gasteiger partial charge in [0.25, 0.3) is 0 Å².